The van der Waals surface area contributed by atoms with Crippen molar-refractivity contribution in [2.75, 3.05) is 32.6 Å². The molecule has 0 aliphatic carbocycles. The normalized spacial score (nSPS) is 13.3. The Morgan fingerprint density at radius 2 is 2.10 bits per heavy atom. The summed E-state index contributed by atoms with van der Waals surface area (Å²) in [5.74, 6) is -0.458. The second kappa shape index (κ2) is 8.59. The number of hydrogen-bond donors (Lipinski definition) is 2. The van der Waals surface area contributed by atoms with E-state index in [1.54, 1.807) is 31.4 Å². The van der Waals surface area contributed by atoms with Gasteiger partial charge in [0.1, 0.15) is 0 Å². The molecule has 1 rings (SSSR count). The molecule has 0 saturated carbocycles. The second-order valence-corrected chi connectivity index (χ2v) is 7.01. The Morgan fingerprint density at radius 3 is 2.75 bits per heavy atom. The first-order valence-corrected chi connectivity index (χ1v) is 8.46. The Bertz CT molecular complexity index is 507. The van der Waals surface area contributed by atoms with Gasteiger partial charge in [0, 0.05) is 25.2 Å². The van der Waals surface area contributed by atoms with Crippen LogP contribution >= 0.6 is 11.6 Å². The van der Waals surface area contributed by atoms with E-state index < -0.39 is 15.9 Å². The number of halogens is 1. The minimum absolute atomic E-state index is 0.165. The van der Waals surface area contributed by atoms with Crippen LogP contribution in [0.4, 0.5) is 0 Å². The van der Waals surface area contributed by atoms with Crippen LogP contribution in [0.15, 0.2) is 24.3 Å². The topological polar surface area (TPSA) is 75.6 Å². The Balaban J connectivity index is 2.47. The highest BCUT2D eigenvalue weighted by Crippen LogP contribution is 2.18. The number of methoxy groups -OCH3 is 1. The molecule has 0 saturated heterocycles. The summed E-state index contributed by atoms with van der Waals surface area (Å²) in [6, 6.07) is 6.80. The first-order chi connectivity index (χ1) is 9.44. The molecule has 0 radical (unpaired) electrons. The van der Waals surface area contributed by atoms with Gasteiger partial charge in [0.05, 0.1) is 24.2 Å². The predicted octanol–water partition coefficient (Wildman–Crippen LogP) is 0.852. The summed E-state index contributed by atoms with van der Waals surface area (Å²) in [7, 11) is -1.83. The smallest absolute Gasteiger partial charge is 0.157 e. The third-order valence-corrected chi connectivity index (χ3v) is 4.65. The highest BCUT2D eigenvalue weighted by molar-refractivity contribution is 7.90. The first kappa shape index (κ1) is 17.4. The van der Waals surface area contributed by atoms with Crippen LogP contribution in [0.3, 0.4) is 0 Å². The molecule has 0 aromatic heterocycles. The van der Waals surface area contributed by atoms with Gasteiger partial charge in [-0.2, -0.15) is 0 Å². The maximum absolute atomic E-state index is 12.0. The van der Waals surface area contributed by atoms with Crippen molar-refractivity contribution in [2.24, 2.45) is 0 Å². The highest BCUT2D eigenvalue weighted by Gasteiger charge is 2.18. The first-order valence-electron chi connectivity index (χ1n) is 6.26. The zero-order chi connectivity index (χ0) is 15.0. The molecule has 0 aliphatic heterocycles. The van der Waals surface area contributed by atoms with Crippen molar-refractivity contribution < 1.29 is 18.3 Å². The van der Waals surface area contributed by atoms with Crippen molar-refractivity contribution in [1.29, 1.82) is 0 Å². The number of hydrogen-bond acceptors (Lipinski definition) is 5. The van der Waals surface area contributed by atoms with Crippen LogP contribution in [0.5, 0.6) is 0 Å². The van der Waals surface area contributed by atoms with Crippen molar-refractivity contribution in [3.05, 3.63) is 34.9 Å². The van der Waals surface area contributed by atoms with Gasteiger partial charge in [-0.25, -0.2) is 8.42 Å². The average Bonchev–Trinajstić information content (AvgIpc) is 2.36. The number of nitrogens with one attached hydrogen (secondary N) is 1. The molecule has 0 fully saturated rings. The molecule has 0 heterocycles. The van der Waals surface area contributed by atoms with E-state index >= 15 is 0 Å². The summed E-state index contributed by atoms with van der Waals surface area (Å²) in [4.78, 5) is 0. The Kier molecular flexibility index (Phi) is 7.47. The van der Waals surface area contributed by atoms with E-state index in [1.165, 1.54) is 0 Å². The number of rotatable bonds is 9. The average molecular weight is 322 g/mol. The number of aliphatic hydroxyl groups is 1. The zero-order valence-electron chi connectivity index (χ0n) is 11.4. The maximum atomic E-state index is 12.0. The molecule has 2 N–H and O–H groups in total. The van der Waals surface area contributed by atoms with Crippen LogP contribution in [0.25, 0.3) is 0 Å². The van der Waals surface area contributed by atoms with Crippen LogP contribution < -0.4 is 5.32 Å². The van der Waals surface area contributed by atoms with Gasteiger partial charge >= 0.3 is 0 Å². The Labute approximate surface area is 124 Å². The summed E-state index contributed by atoms with van der Waals surface area (Å²) in [5, 5.41) is 13.1. The van der Waals surface area contributed by atoms with Gasteiger partial charge in [0.2, 0.25) is 0 Å². The number of ether oxygens (including phenoxy) is 1. The number of aliphatic hydroxyl groups excluding tert-OH is 1. The van der Waals surface area contributed by atoms with Gasteiger partial charge in [0.25, 0.3) is 0 Å². The second-order valence-electron chi connectivity index (χ2n) is 4.50. The van der Waals surface area contributed by atoms with Gasteiger partial charge < -0.3 is 15.2 Å². The standard InChI is InChI=1S/C13H20ClNO4S/c1-19-7-6-15-8-12(16)10-20(17,18)9-11-4-2-3-5-13(11)14/h2-5,12,15-16H,6-10H2,1H3. The lowest BCUT2D eigenvalue weighted by Gasteiger charge is -2.12. The van der Waals surface area contributed by atoms with Crippen molar-refractivity contribution in [3.8, 4) is 0 Å². The van der Waals surface area contributed by atoms with Gasteiger partial charge in [-0.3, -0.25) is 0 Å². The minimum Gasteiger partial charge on any atom is -0.391 e. The van der Waals surface area contributed by atoms with Gasteiger partial charge in [-0.1, -0.05) is 29.8 Å². The predicted molar refractivity (Wildman–Crippen MR) is 79.7 cm³/mol. The molecule has 0 aliphatic rings. The van der Waals surface area contributed by atoms with E-state index in [1.807, 2.05) is 0 Å². The Morgan fingerprint density at radius 1 is 1.40 bits per heavy atom. The number of benzene rings is 1. The largest absolute Gasteiger partial charge is 0.391 e. The molecule has 7 heteroatoms. The summed E-state index contributed by atoms with van der Waals surface area (Å²) in [6.45, 7) is 1.29. The van der Waals surface area contributed by atoms with Crippen molar-refractivity contribution in [2.45, 2.75) is 11.9 Å². The van der Waals surface area contributed by atoms with Gasteiger partial charge in [-0.05, 0) is 11.6 Å². The molecule has 5 nitrogen and oxygen atoms in total. The summed E-state index contributed by atoms with van der Waals surface area (Å²) in [6.07, 6.45) is -0.945. The van der Waals surface area contributed by atoms with E-state index in [0.29, 0.717) is 23.7 Å². The zero-order valence-corrected chi connectivity index (χ0v) is 13.0. The summed E-state index contributed by atoms with van der Waals surface area (Å²) >= 11 is 5.93. The fourth-order valence-corrected chi connectivity index (χ4v) is 3.54. The van der Waals surface area contributed by atoms with E-state index in [0.717, 1.165) is 0 Å². The van der Waals surface area contributed by atoms with E-state index in [4.69, 9.17) is 16.3 Å². The lowest BCUT2D eigenvalue weighted by atomic mass is 10.2. The summed E-state index contributed by atoms with van der Waals surface area (Å²) < 4.78 is 28.8. The van der Waals surface area contributed by atoms with E-state index in [-0.39, 0.29) is 18.1 Å². The van der Waals surface area contributed by atoms with Crippen LogP contribution in [-0.4, -0.2) is 52.2 Å². The molecule has 0 spiro atoms. The molecule has 1 atom stereocenters. The molecule has 1 aromatic carbocycles. The van der Waals surface area contributed by atoms with Gasteiger partial charge in [0.15, 0.2) is 9.84 Å². The third kappa shape index (κ3) is 6.67. The lowest BCUT2D eigenvalue weighted by Crippen LogP contribution is -2.34. The van der Waals surface area contributed by atoms with Crippen molar-refractivity contribution in [3.63, 3.8) is 0 Å². The quantitative estimate of drug-likeness (QED) is 0.660. The van der Waals surface area contributed by atoms with Crippen molar-refractivity contribution >= 4 is 21.4 Å². The molecular weight excluding hydrogens is 302 g/mol. The van der Waals surface area contributed by atoms with E-state index in [2.05, 4.69) is 5.32 Å². The van der Waals surface area contributed by atoms with E-state index in [9.17, 15) is 13.5 Å². The maximum Gasteiger partial charge on any atom is 0.157 e. The third-order valence-electron chi connectivity index (χ3n) is 2.64. The minimum atomic E-state index is -3.40. The molecule has 0 bridgehead atoms. The summed E-state index contributed by atoms with van der Waals surface area (Å²) in [5.41, 5.74) is 0.550. The molecule has 114 valence electrons. The fraction of sp³-hybridized carbons (Fsp3) is 0.538. The van der Waals surface area contributed by atoms with Crippen LogP contribution in [0.2, 0.25) is 5.02 Å². The SMILES string of the molecule is COCCNCC(O)CS(=O)(=O)Cc1ccccc1Cl. The lowest BCUT2D eigenvalue weighted by molar-refractivity contribution is 0.174. The molecule has 0 amide bonds. The number of sulfone groups is 1. The monoisotopic (exact) mass is 321 g/mol. The Hall–Kier alpha value is -0.660. The highest BCUT2D eigenvalue weighted by atomic mass is 35.5. The van der Waals surface area contributed by atoms with Crippen molar-refractivity contribution in [1.82, 2.24) is 5.32 Å². The van der Waals surface area contributed by atoms with Gasteiger partial charge in [-0.15, -0.1) is 0 Å². The molecular formula is C13H20ClNO4S. The molecule has 1 aromatic rings. The van der Waals surface area contributed by atoms with Crippen LogP contribution in [0.1, 0.15) is 5.56 Å². The van der Waals surface area contributed by atoms with Crippen LogP contribution in [0, 0.1) is 0 Å². The molecule has 1 unspecified atom stereocenters. The fourth-order valence-electron chi connectivity index (χ4n) is 1.71. The van der Waals surface area contributed by atoms with Crippen LogP contribution in [-0.2, 0) is 20.3 Å². The molecule has 20 heavy (non-hydrogen) atoms.